The number of hydrazone groups is 1. The number of nitrogens with one attached hydrogen (secondary N) is 1. The smallest absolute Gasteiger partial charge is 0.281 e. The van der Waals surface area contributed by atoms with Crippen LogP contribution < -0.4 is 14.9 Å². The lowest BCUT2D eigenvalue weighted by atomic mass is 10.2. The van der Waals surface area contributed by atoms with Crippen LogP contribution in [0, 0.1) is 13.8 Å². The summed E-state index contributed by atoms with van der Waals surface area (Å²) in [5, 5.41) is 5.95. The van der Waals surface area contributed by atoms with Crippen LogP contribution in [0.4, 0.5) is 0 Å². The molecule has 0 aliphatic carbocycles. The molecule has 0 fully saturated rings. The average molecular weight is 367 g/mol. The zero-order chi connectivity index (χ0) is 18.1. The van der Waals surface area contributed by atoms with Gasteiger partial charge in [-0.25, -0.2) is 5.43 Å². The van der Waals surface area contributed by atoms with Crippen molar-refractivity contribution in [3.8, 4) is 17.2 Å². The van der Waals surface area contributed by atoms with Crippen LogP contribution in [-0.2, 0) is 0 Å². The third-order valence-electron chi connectivity index (χ3n) is 4.20. The van der Waals surface area contributed by atoms with Gasteiger partial charge in [0.1, 0.15) is 0 Å². The first kappa shape index (κ1) is 16.4. The van der Waals surface area contributed by atoms with Gasteiger partial charge < -0.3 is 14.0 Å². The first-order valence-electron chi connectivity index (χ1n) is 8.09. The van der Waals surface area contributed by atoms with Crippen molar-refractivity contribution in [2.75, 3.05) is 6.79 Å². The number of rotatable bonds is 4. The van der Waals surface area contributed by atoms with Crippen molar-refractivity contribution in [1.29, 1.82) is 0 Å². The van der Waals surface area contributed by atoms with E-state index in [9.17, 15) is 4.79 Å². The zero-order valence-corrected chi connectivity index (χ0v) is 15.2. The maximum atomic E-state index is 11.9. The number of ether oxygens (including phenoxy) is 2. The summed E-state index contributed by atoms with van der Waals surface area (Å²) in [6.07, 6.45) is 1.66. The van der Waals surface area contributed by atoms with Crippen molar-refractivity contribution in [3.05, 3.63) is 63.6 Å². The van der Waals surface area contributed by atoms with E-state index in [2.05, 4.69) is 15.1 Å². The molecule has 0 atom stereocenters. The van der Waals surface area contributed by atoms with Gasteiger partial charge in [0, 0.05) is 28.7 Å². The molecule has 7 heteroatoms. The van der Waals surface area contributed by atoms with E-state index in [4.69, 9.17) is 9.47 Å². The maximum absolute atomic E-state index is 11.9. The Hall–Kier alpha value is -3.06. The molecule has 2 aromatic heterocycles. The molecular weight excluding hydrogens is 350 g/mol. The van der Waals surface area contributed by atoms with E-state index < -0.39 is 0 Å². The molecule has 1 N–H and O–H groups in total. The Labute approximate surface area is 154 Å². The molecule has 3 aromatic rings. The summed E-state index contributed by atoms with van der Waals surface area (Å²) in [5.41, 5.74) is 6.57. The monoisotopic (exact) mass is 367 g/mol. The van der Waals surface area contributed by atoms with E-state index in [1.54, 1.807) is 12.3 Å². The Kier molecular flexibility index (Phi) is 4.22. The topological polar surface area (TPSA) is 64.9 Å². The van der Waals surface area contributed by atoms with Crippen LogP contribution in [0.25, 0.3) is 5.69 Å². The first-order valence-corrected chi connectivity index (χ1v) is 8.97. The predicted molar refractivity (Wildman–Crippen MR) is 101 cm³/mol. The lowest BCUT2D eigenvalue weighted by Gasteiger charge is -2.10. The summed E-state index contributed by atoms with van der Waals surface area (Å²) in [6, 6.07) is 11.5. The van der Waals surface area contributed by atoms with Crippen LogP contribution in [0.5, 0.6) is 11.5 Å². The Morgan fingerprint density at radius 3 is 2.88 bits per heavy atom. The van der Waals surface area contributed by atoms with Crippen LogP contribution in [0.15, 0.2) is 46.9 Å². The van der Waals surface area contributed by atoms with Gasteiger partial charge in [-0.2, -0.15) is 5.10 Å². The lowest BCUT2D eigenvalue weighted by molar-refractivity contribution is 0.0959. The van der Waals surface area contributed by atoms with E-state index in [0.29, 0.717) is 4.88 Å². The molecule has 0 spiro atoms. The van der Waals surface area contributed by atoms with Crippen LogP contribution >= 0.6 is 11.3 Å². The van der Waals surface area contributed by atoms with Gasteiger partial charge in [-0.15, -0.1) is 11.3 Å². The highest BCUT2D eigenvalue weighted by atomic mass is 32.1. The summed E-state index contributed by atoms with van der Waals surface area (Å²) >= 11 is 1.38. The van der Waals surface area contributed by atoms with Gasteiger partial charge in [0.15, 0.2) is 11.5 Å². The van der Waals surface area contributed by atoms with Gasteiger partial charge in [0.25, 0.3) is 5.91 Å². The predicted octanol–water partition coefficient (Wildman–Crippen LogP) is 3.65. The van der Waals surface area contributed by atoms with E-state index in [1.807, 2.05) is 49.6 Å². The van der Waals surface area contributed by atoms with Gasteiger partial charge in [-0.1, -0.05) is 6.07 Å². The number of aromatic nitrogens is 1. The minimum atomic E-state index is -0.208. The zero-order valence-electron chi connectivity index (χ0n) is 14.4. The highest BCUT2D eigenvalue weighted by Gasteiger charge is 2.16. The van der Waals surface area contributed by atoms with Gasteiger partial charge >= 0.3 is 0 Å². The van der Waals surface area contributed by atoms with E-state index in [-0.39, 0.29) is 12.7 Å². The third-order valence-corrected chi connectivity index (χ3v) is 5.07. The van der Waals surface area contributed by atoms with Crippen molar-refractivity contribution in [2.45, 2.75) is 13.8 Å². The lowest BCUT2D eigenvalue weighted by Crippen LogP contribution is -2.16. The number of aryl methyl sites for hydroxylation is 1. The second-order valence-corrected chi connectivity index (χ2v) is 6.82. The number of hydrogen-bond donors (Lipinski definition) is 1. The first-order chi connectivity index (χ1) is 12.6. The van der Waals surface area contributed by atoms with Crippen LogP contribution in [0.2, 0.25) is 0 Å². The number of carbonyl (C=O) groups is 1. The van der Waals surface area contributed by atoms with Crippen molar-refractivity contribution in [2.24, 2.45) is 5.10 Å². The molecule has 0 saturated heterocycles. The molecule has 26 heavy (non-hydrogen) atoms. The highest BCUT2D eigenvalue weighted by molar-refractivity contribution is 7.12. The molecule has 0 saturated carbocycles. The quantitative estimate of drug-likeness (QED) is 0.565. The minimum Gasteiger partial charge on any atom is -0.454 e. The number of amides is 1. The molecular formula is C19H17N3O3S. The molecule has 0 radical (unpaired) electrons. The van der Waals surface area contributed by atoms with Crippen LogP contribution in [0.1, 0.15) is 26.6 Å². The van der Waals surface area contributed by atoms with Crippen molar-refractivity contribution >= 4 is 23.5 Å². The minimum absolute atomic E-state index is 0.208. The molecule has 4 rings (SSSR count). The Morgan fingerprint density at radius 2 is 2.08 bits per heavy atom. The summed E-state index contributed by atoms with van der Waals surface area (Å²) in [4.78, 5) is 12.6. The Morgan fingerprint density at radius 1 is 1.23 bits per heavy atom. The second kappa shape index (κ2) is 6.68. The molecule has 1 aliphatic rings. The van der Waals surface area contributed by atoms with Gasteiger partial charge in [-0.3, -0.25) is 4.79 Å². The van der Waals surface area contributed by atoms with E-state index in [1.165, 1.54) is 11.3 Å². The number of benzene rings is 1. The molecule has 0 unspecified atom stereocenters. The molecule has 1 aliphatic heterocycles. The Balaban J connectivity index is 1.57. The van der Waals surface area contributed by atoms with Crippen molar-refractivity contribution < 1.29 is 14.3 Å². The van der Waals surface area contributed by atoms with Gasteiger partial charge in [-0.05, 0) is 43.5 Å². The number of nitrogens with zero attached hydrogens (tertiary/aromatic N) is 2. The number of hydrogen-bond acceptors (Lipinski definition) is 5. The fraction of sp³-hybridized carbons (Fsp3) is 0.158. The molecule has 1 aromatic carbocycles. The number of carbonyl (C=O) groups excluding carboxylic acids is 1. The average Bonchev–Trinajstić information content (AvgIpc) is 3.35. The van der Waals surface area contributed by atoms with E-state index >= 15 is 0 Å². The van der Waals surface area contributed by atoms with Crippen LogP contribution in [-0.4, -0.2) is 23.5 Å². The second-order valence-electron chi connectivity index (χ2n) is 5.88. The number of fused-ring (bicyclic) bond motifs is 1. The number of thiophene rings is 1. The largest absolute Gasteiger partial charge is 0.454 e. The summed E-state index contributed by atoms with van der Waals surface area (Å²) in [7, 11) is 0. The normalized spacial score (nSPS) is 12.7. The molecule has 132 valence electrons. The van der Waals surface area contributed by atoms with Crippen LogP contribution in [0.3, 0.4) is 0 Å². The van der Waals surface area contributed by atoms with Crippen molar-refractivity contribution in [3.63, 3.8) is 0 Å². The standard InChI is InChI=1S/C19H17N3O3S/c1-12-8-14(10-20-21-19(23)18-4-3-7-26-18)13(2)22(12)15-5-6-16-17(9-15)25-11-24-16/h3-10H,11H2,1-2H3,(H,21,23)/b20-10-. The molecule has 1 amide bonds. The van der Waals surface area contributed by atoms with Gasteiger partial charge in [0.2, 0.25) is 6.79 Å². The molecule has 6 nitrogen and oxygen atoms in total. The third kappa shape index (κ3) is 2.97. The Bertz CT molecular complexity index is 990. The maximum Gasteiger partial charge on any atom is 0.281 e. The fourth-order valence-corrected chi connectivity index (χ4v) is 3.58. The summed E-state index contributed by atoms with van der Waals surface area (Å²) in [5.74, 6) is 1.29. The molecule has 0 bridgehead atoms. The summed E-state index contributed by atoms with van der Waals surface area (Å²) in [6.45, 7) is 4.30. The highest BCUT2D eigenvalue weighted by Crippen LogP contribution is 2.34. The molecule has 3 heterocycles. The fourth-order valence-electron chi connectivity index (χ4n) is 2.96. The van der Waals surface area contributed by atoms with Gasteiger partial charge in [0.05, 0.1) is 11.1 Å². The van der Waals surface area contributed by atoms with E-state index in [0.717, 1.165) is 34.1 Å². The van der Waals surface area contributed by atoms with Crippen molar-refractivity contribution in [1.82, 2.24) is 9.99 Å². The summed E-state index contributed by atoms with van der Waals surface area (Å²) < 4.78 is 12.9. The SMILES string of the molecule is Cc1cc(/C=N\NC(=O)c2cccs2)c(C)n1-c1ccc2c(c1)OCO2.